The minimum Gasteiger partial charge on any atom is -0.505 e. The number of amides is 1. The second-order valence-electron chi connectivity index (χ2n) is 5.84. The minimum absolute atomic E-state index is 0.00597. The topological polar surface area (TPSA) is 75.6 Å². The van der Waals surface area contributed by atoms with Crippen LogP contribution in [-0.4, -0.2) is 24.1 Å². The van der Waals surface area contributed by atoms with Crippen LogP contribution in [0.4, 0.5) is 5.69 Å². The molecule has 0 radical (unpaired) electrons. The van der Waals surface area contributed by atoms with Gasteiger partial charge in [0, 0.05) is 6.08 Å². The van der Waals surface area contributed by atoms with Crippen molar-refractivity contribution in [3.63, 3.8) is 0 Å². The molecule has 0 fully saturated rings. The van der Waals surface area contributed by atoms with Gasteiger partial charge in [-0.25, -0.2) is 4.79 Å². The van der Waals surface area contributed by atoms with Crippen molar-refractivity contribution < 1.29 is 19.4 Å². The molecule has 5 nitrogen and oxygen atoms in total. The number of phenolic OH excluding ortho intramolecular Hbond substituents is 1. The number of ether oxygens (including phenoxy) is 1. The summed E-state index contributed by atoms with van der Waals surface area (Å²) in [6.07, 6.45) is 3.05. The number of methoxy groups -OCH3 is 1. The quantitative estimate of drug-likeness (QED) is 0.491. The first-order chi connectivity index (χ1) is 11.9. The number of hydrogen-bond acceptors (Lipinski definition) is 4. The Morgan fingerprint density at radius 1 is 1.12 bits per heavy atom. The van der Waals surface area contributed by atoms with Crippen molar-refractivity contribution in [2.45, 2.75) is 19.8 Å². The van der Waals surface area contributed by atoms with Gasteiger partial charge in [-0.15, -0.1) is 0 Å². The summed E-state index contributed by atoms with van der Waals surface area (Å²) < 4.78 is 4.58. The number of benzene rings is 2. The van der Waals surface area contributed by atoms with Gasteiger partial charge < -0.3 is 15.2 Å². The third-order valence-electron chi connectivity index (χ3n) is 3.73. The highest BCUT2D eigenvalue weighted by atomic mass is 16.5. The van der Waals surface area contributed by atoms with Crippen molar-refractivity contribution in [1.82, 2.24) is 0 Å². The number of nitrogens with one attached hydrogen (secondary N) is 1. The van der Waals surface area contributed by atoms with Crippen LogP contribution in [-0.2, 0) is 9.53 Å². The van der Waals surface area contributed by atoms with E-state index in [0.717, 1.165) is 5.56 Å². The van der Waals surface area contributed by atoms with Crippen molar-refractivity contribution in [1.29, 1.82) is 0 Å². The maximum absolute atomic E-state index is 12.0. The van der Waals surface area contributed by atoms with E-state index in [9.17, 15) is 14.7 Å². The van der Waals surface area contributed by atoms with E-state index in [1.54, 1.807) is 12.1 Å². The maximum atomic E-state index is 12.0. The largest absolute Gasteiger partial charge is 0.505 e. The van der Waals surface area contributed by atoms with Gasteiger partial charge in [-0.1, -0.05) is 44.2 Å². The number of anilines is 1. The molecule has 5 heteroatoms. The number of esters is 1. The van der Waals surface area contributed by atoms with Gasteiger partial charge in [0.2, 0.25) is 5.91 Å². The average molecular weight is 339 g/mol. The summed E-state index contributed by atoms with van der Waals surface area (Å²) in [5.74, 6) is -0.955. The van der Waals surface area contributed by atoms with E-state index in [-0.39, 0.29) is 17.0 Å². The standard InChI is InChI=1S/C20H21NO4/c1-13(2)15-10-7-14(8-11-15)9-12-18(22)21-17-6-4-5-16(19(17)23)20(24)25-3/h4-13,23H,1-3H3,(H,21,22)/b12-9+. The molecule has 25 heavy (non-hydrogen) atoms. The molecule has 0 aliphatic rings. The Kier molecular flexibility index (Phi) is 5.95. The second-order valence-corrected chi connectivity index (χ2v) is 5.84. The predicted octanol–water partition coefficient (Wildman–Crippen LogP) is 3.95. The Balaban J connectivity index is 2.08. The van der Waals surface area contributed by atoms with Crippen LogP contribution in [0.15, 0.2) is 48.5 Å². The molecule has 2 N–H and O–H groups in total. The molecule has 0 aliphatic heterocycles. The maximum Gasteiger partial charge on any atom is 0.341 e. The lowest BCUT2D eigenvalue weighted by molar-refractivity contribution is -0.111. The van der Waals surface area contributed by atoms with Gasteiger partial charge in [0.05, 0.1) is 12.8 Å². The Hall–Kier alpha value is -3.08. The van der Waals surface area contributed by atoms with Crippen molar-refractivity contribution in [3.8, 4) is 5.75 Å². The van der Waals surface area contributed by atoms with Crippen molar-refractivity contribution in [2.75, 3.05) is 12.4 Å². The lowest BCUT2D eigenvalue weighted by Crippen LogP contribution is -2.09. The Labute approximate surface area is 146 Å². The highest BCUT2D eigenvalue weighted by molar-refractivity contribution is 6.04. The van der Waals surface area contributed by atoms with E-state index in [2.05, 4.69) is 23.9 Å². The third-order valence-corrected chi connectivity index (χ3v) is 3.73. The molecule has 0 unspecified atom stereocenters. The molecule has 0 bridgehead atoms. The first kappa shape index (κ1) is 18.3. The van der Waals surface area contributed by atoms with E-state index in [0.29, 0.717) is 5.92 Å². The SMILES string of the molecule is COC(=O)c1cccc(NC(=O)/C=C/c2ccc(C(C)C)cc2)c1O. The van der Waals surface area contributed by atoms with E-state index >= 15 is 0 Å². The van der Waals surface area contributed by atoms with Crippen LogP contribution in [0.25, 0.3) is 6.08 Å². The van der Waals surface area contributed by atoms with Crippen LogP contribution in [0.3, 0.4) is 0 Å². The molecule has 2 aromatic rings. The predicted molar refractivity (Wildman–Crippen MR) is 97.6 cm³/mol. The lowest BCUT2D eigenvalue weighted by Gasteiger charge is -2.08. The number of phenols is 1. The van der Waals surface area contributed by atoms with E-state index in [1.165, 1.54) is 30.9 Å². The summed E-state index contributed by atoms with van der Waals surface area (Å²) in [6, 6.07) is 12.4. The fourth-order valence-electron chi connectivity index (χ4n) is 2.26. The van der Waals surface area contributed by atoms with Crippen LogP contribution < -0.4 is 5.32 Å². The first-order valence-electron chi connectivity index (χ1n) is 7.91. The van der Waals surface area contributed by atoms with Gasteiger partial charge in [0.15, 0.2) is 5.75 Å². The summed E-state index contributed by atoms with van der Waals surface area (Å²) in [4.78, 5) is 23.6. The zero-order valence-corrected chi connectivity index (χ0v) is 14.4. The van der Waals surface area contributed by atoms with Crippen LogP contribution >= 0.6 is 0 Å². The number of carbonyl (C=O) groups excluding carboxylic acids is 2. The van der Waals surface area contributed by atoms with Gasteiger partial charge in [0.25, 0.3) is 0 Å². The molecular weight excluding hydrogens is 318 g/mol. The molecule has 2 rings (SSSR count). The highest BCUT2D eigenvalue weighted by Gasteiger charge is 2.15. The number of hydrogen-bond donors (Lipinski definition) is 2. The first-order valence-corrected chi connectivity index (χ1v) is 7.91. The van der Waals surface area contributed by atoms with Gasteiger partial charge in [-0.2, -0.15) is 0 Å². The molecule has 0 spiro atoms. The normalized spacial score (nSPS) is 10.9. The van der Waals surface area contributed by atoms with Crippen LogP contribution in [0, 0.1) is 0 Å². The van der Waals surface area contributed by atoms with E-state index in [1.807, 2.05) is 24.3 Å². The molecule has 0 atom stereocenters. The van der Waals surface area contributed by atoms with Crippen molar-refractivity contribution in [2.24, 2.45) is 0 Å². The van der Waals surface area contributed by atoms with Gasteiger partial charge >= 0.3 is 5.97 Å². The summed E-state index contributed by atoms with van der Waals surface area (Å²) in [7, 11) is 1.22. The van der Waals surface area contributed by atoms with E-state index < -0.39 is 11.9 Å². The molecule has 0 saturated heterocycles. The van der Waals surface area contributed by atoms with Crippen LogP contribution in [0.1, 0.15) is 41.3 Å². The van der Waals surface area contributed by atoms with E-state index in [4.69, 9.17) is 0 Å². The van der Waals surface area contributed by atoms with Gasteiger partial charge in [0.1, 0.15) is 5.56 Å². The molecule has 0 saturated carbocycles. The van der Waals surface area contributed by atoms with Crippen LogP contribution in [0.5, 0.6) is 5.75 Å². The summed E-state index contributed by atoms with van der Waals surface area (Å²) >= 11 is 0. The lowest BCUT2D eigenvalue weighted by atomic mass is 10.0. The monoisotopic (exact) mass is 339 g/mol. The Bertz CT molecular complexity index is 792. The minimum atomic E-state index is -0.672. The molecule has 0 aliphatic carbocycles. The number of aromatic hydroxyl groups is 1. The third kappa shape index (κ3) is 4.70. The summed E-state index contributed by atoms with van der Waals surface area (Å²) in [5, 5.41) is 12.6. The molecule has 0 heterocycles. The number of carbonyl (C=O) groups is 2. The second kappa shape index (κ2) is 8.15. The zero-order valence-electron chi connectivity index (χ0n) is 14.4. The van der Waals surface area contributed by atoms with Gasteiger partial charge in [-0.05, 0) is 35.3 Å². The average Bonchev–Trinajstić information content (AvgIpc) is 2.61. The Morgan fingerprint density at radius 2 is 1.80 bits per heavy atom. The molecular formula is C20H21NO4. The van der Waals surface area contributed by atoms with Crippen molar-refractivity contribution >= 4 is 23.6 Å². The fraction of sp³-hybridized carbons (Fsp3) is 0.200. The molecule has 2 aromatic carbocycles. The molecule has 1 amide bonds. The van der Waals surface area contributed by atoms with Crippen molar-refractivity contribution in [3.05, 3.63) is 65.2 Å². The van der Waals surface area contributed by atoms with Gasteiger partial charge in [-0.3, -0.25) is 4.79 Å². The number of para-hydroxylation sites is 1. The Morgan fingerprint density at radius 3 is 2.40 bits per heavy atom. The van der Waals surface area contributed by atoms with Crippen LogP contribution in [0.2, 0.25) is 0 Å². The zero-order chi connectivity index (χ0) is 18.4. The smallest absolute Gasteiger partial charge is 0.341 e. The number of rotatable bonds is 5. The molecule has 130 valence electrons. The highest BCUT2D eigenvalue weighted by Crippen LogP contribution is 2.28. The summed E-state index contributed by atoms with van der Waals surface area (Å²) in [6.45, 7) is 4.24. The fourth-order valence-corrected chi connectivity index (χ4v) is 2.26. The summed E-state index contributed by atoms with van der Waals surface area (Å²) in [5.41, 5.74) is 2.26. The molecule has 0 aromatic heterocycles.